The van der Waals surface area contributed by atoms with Gasteiger partial charge < -0.3 is 10.1 Å². The van der Waals surface area contributed by atoms with Crippen LogP contribution in [0.25, 0.3) is 0 Å². The van der Waals surface area contributed by atoms with Crippen LogP contribution in [0.15, 0.2) is 24.3 Å². The van der Waals surface area contributed by atoms with Crippen LogP contribution in [0.3, 0.4) is 0 Å². The van der Waals surface area contributed by atoms with Crippen molar-refractivity contribution in [3.8, 4) is 5.75 Å². The normalized spacial score (nSPS) is 27.2. The molecule has 0 aliphatic carbocycles. The van der Waals surface area contributed by atoms with Gasteiger partial charge in [0, 0.05) is 24.7 Å². The summed E-state index contributed by atoms with van der Waals surface area (Å²) in [5, 5.41) is 3.55. The molecule has 2 heterocycles. The number of nitrogens with one attached hydrogen (secondary N) is 1. The predicted molar refractivity (Wildman–Crippen MR) is 77.4 cm³/mol. The molecule has 19 heavy (non-hydrogen) atoms. The van der Waals surface area contributed by atoms with E-state index in [0.29, 0.717) is 0 Å². The van der Waals surface area contributed by atoms with Gasteiger partial charge in [-0.2, -0.15) is 0 Å². The number of benzene rings is 1. The van der Waals surface area contributed by atoms with Crippen LogP contribution in [-0.2, 0) is 6.54 Å². The largest absolute Gasteiger partial charge is 0.494 e. The molecule has 1 N–H and O–H groups in total. The summed E-state index contributed by atoms with van der Waals surface area (Å²) in [4.78, 5) is 2.64. The van der Waals surface area contributed by atoms with E-state index < -0.39 is 0 Å². The SMILES string of the molecule is CCOc1ccccc1CN1CCCC2CNCC21. The van der Waals surface area contributed by atoms with E-state index >= 15 is 0 Å². The molecule has 3 rings (SSSR count). The molecule has 2 unspecified atom stereocenters. The fraction of sp³-hybridized carbons (Fsp3) is 0.625. The van der Waals surface area contributed by atoms with Crippen molar-refractivity contribution >= 4 is 0 Å². The minimum Gasteiger partial charge on any atom is -0.494 e. The zero-order valence-electron chi connectivity index (χ0n) is 11.8. The third-order valence-corrected chi connectivity index (χ3v) is 4.44. The molecular formula is C16H24N2O. The van der Waals surface area contributed by atoms with Gasteiger partial charge in [0.05, 0.1) is 6.61 Å². The summed E-state index contributed by atoms with van der Waals surface area (Å²) < 4.78 is 5.75. The average Bonchev–Trinajstić information content (AvgIpc) is 2.91. The van der Waals surface area contributed by atoms with Gasteiger partial charge in [0.1, 0.15) is 5.75 Å². The fourth-order valence-corrected chi connectivity index (χ4v) is 3.51. The molecule has 2 aliphatic heterocycles. The van der Waals surface area contributed by atoms with E-state index in [-0.39, 0.29) is 0 Å². The Morgan fingerprint density at radius 1 is 1.32 bits per heavy atom. The van der Waals surface area contributed by atoms with E-state index in [0.717, 1.165) is 37.4 Å². The number of ether oxygens (including phenoxy) is 1. The molecule has 0 aromatic heterocycles. The summed E-state index contributed by atoms with van der Waals surface area (Å²) in [6.07, 6.45) is 2.72. The molecule has 3 nitrogen and oxygen atoms in total. The van der Waals surface area contributed by atoms with Gasteiger partial charge in [-0.25, -0.2) is 0 Å². The van der Waals surface area contributed by atoms with Crippen LogP contribution < -0.4 is 10.1 Å². The minimum atomic E-state index is 0.725. The highest BCUT2D eigenvalue weighted by molar-refractivity contribution is 5.33. The molecule has 2 fully saturated rings. The lowest BCUT2D eigenvalue weighted by molar-refractivity contribution is 0.116. The Hall–Kier alpha value is -1.06. The molecule has 1 aromatic rings. The zero-order valence-corrected chi connectivity index (χ0v) is 11.8. The van der Waals surface area contributed by atoms with Gasteiger partial charge in [-0.05, 0) is 44.8 Å². The molecule has 0 bridgehead atoms. The van der Waals surface area contributed by atoms with E-state index in [1.165, 1.54) is 31.5 Å². The molecule has 1 aromatic carbocycles. The molecule has 3 heteroatoms. The van der Waals surface area contributed by atoms with Crippen molar-refractivity contribution < 1.29 is 4.74 Å². The molecule has 2 aliphatic rings. The molecule has 0 amide bonds. The number of para-hydroxylation sites is 1. The first kappa shape index (κ1) is 12.9. The van der Waals surface area contributed by atoms with Crippen molar-refractivity contribution in [2.24, 2.45) is 5.92 Å². The molecule has 0 spiro atoms. The van der Waals surface area contributed by atoms with E-state index in [4.69, 9.17) is 4.74 Å². The number of nitrogens with zero attached hydrogens (tertiary/aromatic N) is 1. The Balaban J connectivity index is 1.73. The third kappa shape index (κ3) is 2.77. The minimum absolute atomic E-state index is 0.725. The van der Waals surface area contributed by atoms with Gasteiger partial charge in [0.25, 0.3) is 0 Å². The Bertz CT molecular complexity index is 421. The Kier molecular flexibility index (Phi) is 4.04. The van der Waals surface area contributed by atoms with E-state index in [2.05, 4.69) is 41.4 Å². The molecule has 0 saturated carbocycles. The van der Waals surface area contributed by atoms with Gasteiger partial charge in [-0.3, -0.25) is 4.90 Å². The van der Waals surface area contributed by atoms with Crippen molar-refractivity contribution in [1.82, 2.24) is 10.2 Å². The lowest BCUT2D eigenvalue weighted by Gasteiger charge is -2.37. The average molecular weight is 260 g/mol. The van der Waals surface area contributed by atoms with Crippen LogP contribution in [0.4, 0.5) is 0 Å². The van der Waals surface area contributed by atoms with Gasteiger partial charge in [-0.15, -0.1) is 0 Å². The maximum atomic E-state index is 5.75. The van der Waals surface area contributed by atoms with Gasteiger partial charge in [0.2, 0.25) is 0 Å². The van der Waals surface area contributed by atoms with Crippen LogP contribution in [0, 0.1) is 5.92 Å². The van der Waals surface area contributed by atoms with Crippen LogP contribution >= 0.6 is 0 Å². The molecule has 104 valence electrons. The van der Waals surface area contributed by atoms with Crippen LogP contribution in [0.1, 0.15) is 25.3 Å². The van der Waals surface area contributed by atoms with Gasteiger partial charge in [0.15, 0.2) is 0 Å². The van der Waals surface area contributed by atoms with Crippen molar-refractivity contribution in [3.05, 3.63) is 29.8 Å². The first-order valence-corrected chi connectivity index (χ1v) is 7.54. The topological polar surface area (TPSA) is 24.5 Å². The molecule has 0 radical (unpaired) electrons. The smallest absolute Gasteiger partial charge is 0.123 e. The van der Waals surface area contributed by atoms with Crippen LogP contribution in [0.2, 0.25) is 0 Å². The monoisotopic (exact) mass is 260 g/mol. The quantitative estimate of drug-likeness (QED) is 0.899. The number of fused-ring (bicyclic) bond motifs is 1. The van der Waals surface area contributed by atoms with E-state index in [1.54, 1.807) is 0 Å². The molecule has 2 saturated heterocycles. The summed E-state index contributed by atoms with van der Waals surface area (Å²) in [5.74, 6) is 1.91. The summed E-state index contributed by atoms with van der Waals surface area (Å²) in [6, 6.07) is 9.20. The Morgan fingerprint density at radius 2 is 2.21 bits per heavy atom. The summed E-state index contributed by atoms with van der Waals surface area (Å²) in [5.41, 5.74) is 1.33. The maximum absolute atomic E-state index is 5.75. The Labute approximate surface area is 115 Å². The van der Waals surface area contributed by atoms with Crippen LogP contribution in [-0.4, -0.2) is 37.2 Å². The highest BCUT2D eigenvalue weighted by atomic mass is 16.5. The summed E-state index contributed by atoms with van der Waals surface area (Å²) >= 11 is 0. The summed E-state index contributed by atoms with van der Waals surface area (Å²) in [7, 11) is 0. The van der Waals surface area contributed by atoms with Crippen molar-refractivity contribution in [2.45, 2.75) is 32.4 Å². The second-order valence-electron chi connectivity index (χ2n) is 5.64. The fourth-order valence-electron chi connectivity index (χ4n) is 3.51. The summed E-state index contributed by atoms with van der Waals surface area (Å²) in [6.45, 7) is 7.40. The van der Waals surface area contributed by atoms with E-state index in [1.807, 2.05) is 0 Å². The number of likely N-dealkylation sites (tertiary alicyclic amines) is 1. The van der Waals surface area contributed by atoms with Crippen molar-refractivity contribution in [2.75, 3.05) is 26.2 Å². The first-order valence-electron chi connectivity index (χ1n) is 7.54. The lowest BCUT2D eigenvalue weighted by atomic mass is 9.91. The number of hydrogen-bond acceptors (Lipinski definition) is 3. The maximum Gasteiger partial charge on any atom is 0.123 e. The lowest BCUT2D eigenvalue weighted by Crippen LogP contribution is -2.44. The second kappa shape index (κ2) is 5.93. The molecule has 2 atom stereocenters. The molecular weight excluding hydrogens is 236 g/mol. The highest BCUT2D eigenvalue weighted by Gasteiger charge is 2.34. The third-order valence-electron chi connectivity index (χ3n) is 4.44. The number of hydrogen-bond donors (Lipinski definition) is 1. The Morgan fingerprint density at radius 3 is 3.11 bits per heavy atom. The first-order chi connectivity index (χ1) is 9.38. The highest BCUT2D eigenvalue weighted by Crippen LogP contribution is 2.29. The van der Waals surface area contributed by atoms with Gasteiger partial charge in [-0.1, -0.05) is 18.2 Å². The zero-order chi connectivity index (χ0) is 13.1. The standard InChI is InChI=1S/C16H24N2O/c1-2-19-16-8-4-3-6-14(16)12-18-9-5-7-13-10-17-11-15(13)18/h3-4,6,8,13,15,17H,2,5,7,9-12H2,1H3. The van der Waals surface area contributed by atoms with Crippen molar-refractivity contribution in [1.29, 1.82) is 0 Å². The predicted octanol–water partition coefficient (Wildman–Crippen LogP) is 2.27. The number of rotatable bonds is 4. The van der Waals surface area contributed by atoms with Crippen LogP contribution in [0.5, 0.6) is 5.75 Å². The second-order valence-corrected chi connectivity index (χ2v) is 5.64. The number of piperidine rings is 1. The van der Waals surface area contributed by atoms with Crippen molar-refractivity contribution in [3.63, 3.8) is 0 Å². The van der Waals surface area contributed by atoms with Gasteiger partial charge >= 0.3 is 0 Å². The van der Waals surface area contributed by atoms with E-state index in [9.17, 15) is 0 Å².